The summed E-state index contributed by atoms with van der Waals surface area (Å²) in [5.41, 5.74) is 5.15. The Morgan fingerprint density at radius 3 is 3.20 bits per heavy atom. The number of benzene rings is 1. The van der Waals surface area contributed by atoms with Crippen LogP contribution in [-0.2, 0) is 12.8 Å². The van der Waals surface area contributed by atoms with E-state index in [1.54, 1.807) is 0 Å². The normalized spacial score (nSPS) is 16.3. The van der Waals surface area contributed by atoms with Gasteiger partial charge >= 0.3 is 0 Å². The average molecular weight is 197 g/mol. The first kappa shape index (κ1) is 8.55. The largest absolute Gasteiger partial charge is 0.493 e. The molecule has 15 heavy (non-hydrogen) atoms. The van der Waals surface area contributed by atoms with Crippen molar-refractivity contribution in [1.29, 1.82) is 5.26 Å². The van der Waals surface area contributed by atoms with E-state index in [1.165, 1.54) is 22.3 Å². The van der Waals surface area contributed by atoms with Gasteiger partial charge in [0.15, 0.2) is 0 Å². The summed E-state index contributed by atoms with van der Waals surface area (Å²) in [6.07, 6.45) is 4.65. The quantitative estimate of drug-likeness (QED) is 0.692. The summed E-state index contributed by atoms with van der Waals surface area (Å²) < 4.78 is 5.54. The van der Waals surface area contributed by atoms with Crippen LogP contribution < -0.4 is 4.74 Å². The molecule has 0 atom stereocenters. The Kier molecular flexibility index (Phi) is 1.78. The first-order valence-corrected chi connectivity index (χ1v) is 5.24. The third-order valence-corrected chi connectivity index (χ3v) is 3.12. The maximum atomic E-state index is 8.78. The van der Waals surface area contributed by atoms with Gasteiger partial charge < -0.3 is 4.74 Å². The Hall–Kier alpha value is -1.75. The second-order valence-corrected chi connectivity index (χ2v) is 3.94. The van der Waals surface area contributed by atoms with Crippen molar-refractivity contribution in [3.05, 3.63) is 34.9 Å². The van der Waals surface area contributed by atoms with Crippen molar-refractivity contribution in [2.75, 3.05) is 6.61 Å². The number of fused-ring (bicyclic) bond motifs is 3. The predicted molar refractivity (Wildman–Crippen MR) is 57.6 cm³/mol. The van der Waals surface area contributed by atoms with Crippen molar-refractivity contribution >= 4 is 5.57 Å². The highest BCUT2D eigenvalue weighted by molar-refractivity contribution is 5.78. The Bertz CT molecular complexity index is 494. The minimum Gasteiger partial charge on any atom is -0.493 e. The summed E-state index contributed by atoms with van der Waals surface area (Å²) in [6, 6.07) is 6.42. The summed E-state index contributed by atoms with van der Waals surface area (Å²) in [5.74, 6) is 1.01. The van der Waals surface area contributed by atoms with Crippen molar-refractivity contribution in [3.8, 4) is 11.8 Å². The van der Waals surface area contributed by atoms with Crippen molar-refractivity contribution in [3.63, 3.8) is 0 Å². The van der Waals surface area contributed by atoms with Gasteiger partial charge in [-0.2, -0.15) is 5.26 Å². The summed E-state index contributed by atoms with van der Waals surface area (Å²) in [6.45, 7) is 0.783. The monoisotopic (exact) mass is 197 g/mol. The zero-order chi connectivity index (χ0) is 10.3. The van der Waals surface area contributed by atoms with Gasteiger partial charge in [0.05, 0.1) is 19.1 Å². The third kappa shape index (κ3) is 1.16. The molecule has 2 nitrogen and oxygen atoms in total. The molecule has 1 heterocycles. The predicted octanol–water partition coefficient (Wildman–Crippen LogP) is 2.47. The Labute approximate surface area is 88.8 Å². The SMILES string of the molecule is N#CCC1=CCc2ccc3c(c21)CCO3. The summed E-state index contributed by atoms with van der Waals surface area (Å²) in [5, 5.41) is 8.78. The molecule has 1 aromatic rings. The second kappa shape index (κ2) is 3.13. The van der Waals surface area contributed by atoms with Crippen LogP contribution in [0.3, 0.4) is 0 Å². The zero-order valence-corrected chi connectivity index (χ0v) is 8.42. The second-order valence-electron chi connectivity index (χ2n) is 3.94. The number of rotatable bonds is 1. The van der Waals surface area contributed by atoms with E-state index in [2.05, 4.69) is 24.3 Å². The smallest absolute Gasteiger partial charge is 0.123 e. The molecule has 1 aliphatic heterocycles. The molecule has 2 heteroatoms. The minimum absolute atomic E-state index is 0.517. The number of ether oxygens (including phenoxy) is 1. The molecule has 3 rings (SSSR count). The lowest BCUT2D eigenvalue weighted by Crippen LogP contribution is -1.91. The van der Waals surface area contributed by atoms with Gasteiger partial charge in [0, 0.05) is 12.0 Å². The number of hydrogen-bond acceptors (Lipinski definition) is 2. The highest BCUT2D eigenvalue weighted by Crippen LogP contribution is 2.39. The molecule has 0 saturated heterocycles. The van der Waals surface area contributed by atoms with Crippen LogP contribution in [0, 0.1) is 11.3 Å². The van der Waals surface area contributed by atoms with Crippen molar-refractivity contribution in [1.82, 2.24) is 0 Å². The van der Waals surface area contributed by atoms with Crippen LogP contribution in [0.1, 0.15) is 23.1 Å². The highest BCUT2D eigenvalue weighted by atomic mass is 16.5. The van der Waals surface area contributed by atoms with Gasteiger partial charge in [0.25, 0.3) is 0 Å². The Morgan fingerprint density at radius 2 is 2.33 bits per heavy atom. The van der Waals surface area contributed by atoms with Crippen LogP contribution in [-0.4, -0.2) is 6.61 Å². The molecule has 0 unspecified atom stereocenters. The molecule has 0 fully saturated rings. The first-order valence-electron chi connectivity index (χ1n) is 5.24. The van der Waals surface area contributed by atoms with Crippen molar-refractivity contribution in [2.45, 2.75) is 19.3 Å². The van der Waals surface area contributed by atoms with Crippen LogP contribution in [0.25, 0.3) is 5.57 Å². The van der Waals surface area contributed by atoms with E-state index in [0.717, 1.165) is 25.2 Å². The first-order chi connectivity index (χ1) is 7.40. The lowest BCUT2D eigenvalue weighted by atomic mass is 9.96. The molecular weight excluding hydrogens is 186 g/mol. The van der Waals surface area contributed by atoms with Gasteiger partial charge in [-0.3, -0.25) is 0 Å². The summed E-state index contributed by atoms with van der Waals surface area (Å²) >= 11 is 0. The Morgan fingerprint density at radius 1 is 1.40 bits per heavy atom. The fraction of sp³-hybridized carbons (Fsp3) is 0.308. The lowest BCUT2D eigenvalue weighted by Gasteiger charge is -2.08. The van der Waals surface area contributed by atoms with Gasteiger partial charge in [0.2, 0.25) is 0 Å². The summed E-state index contributed by atoms with van der Waals surface area (Å²) in [4.78, 5) is 0. The molecule has 2 aliphatic rings. The van der Waals surface area contributed by atoms with Gasteiger partial charge in [-0.05, 0) is 29.2 Å². The Balaban J connectivity index is 2.15. The lowest BCUT2D eigenvalue weighted by molar-refractivity contribution is 0.357. The number of nitriles is 1. The van der Waals surface area contributed by atoms with E-state index in [-0.39, 0.29) is 0 Å². The van der Waals surface area contributed by atoms with E-state index in [0.29, 0.717) is 6.42 Å². The van der Waals surface area contributed by atoms with E-state index in [9.17, 15) is 0 Å². The van der Waals surface area contributed by atoms with Crippen LogP contribution in [0.15, 0.2) is 18.2 Å². The molecule has 74 valence electrons. The van der Waals surface area contributed by atoms with E-state index in [1.807, 2.05) is 0 Å². The molecule has 0 saturated carbocycles. The highest BCUT2D eigenvalue weighted by Gasteiger charge is 2.23. The maximum Gasteiger partial charge on any atom is 0.123 e. The molecular formula is C13H11NO. The van der Waals surface area contributed by atoms with Crippen molar-refractivity contribution in [2.24, 2.45) is 0 Å². The van der Waals surface area contributed by atoms with Crippen LogP contribution in [0.2, 0.25) is 0 Å². The van der Waals surface area contributed by atoms with Crippen LogP contribution in [0.5, 0.6) is 5.75 Å². The minimum atomic E-state index is 0.517. The third-order valence-electron chi connectivity index (χ3n) is 3.12. The fourth-order valence-corrected chi connectivity index (χ4v) is 2.47. The number of hydrogen-bond donors (Lipinski definition) is 0. The van der Waals surface area contributed by atoms with Crippen LogP contribution >= 0.6 is 0 Å². The molecule has 0 N–H and O–H groups in total. The number of allylic oxidation sites excluding steroid dienone is 2. The average Bonchev–Trinajstić information content (AvgIpc) is 2.83. The van der Waals surface area contributed by atoms with E-state index >= 15 is 0 Å². The zero-order valence-electron chi connectivity index (χ0n) is 8.42. The van der Waals surface area contributed by atoms with Gasteiger partial charge in [0.1, 0.15) is 5.75 Å². The fourth-order valence-electron chi connectivity index (χ4n) is 2.47. The molecule has 0 spiro atoms. The van der Waals surface area contributed by atoms with E-state index < -0.39 is 0 Å². The van der Waals surface area contributed by atoms with Crippen LogP contribution in [0.4, 0.5) is 0 Å². The molecule has 0 bridgehead atoms. The van der Waals surface area contributed by atoms with Gasteiger partial charge in [-0.25, -0.2) is 0 Å². The van der Waals surface area contributed by atoms with Gasteiger partial charge in [-0.15, -0.1) is 0 Å². The van der Waals surface area contributed by atoms with E-state index in [4.69, 9.17) is 10.00 Å². The molecule has 0 aromatic heterocycles. The topological polar surface area (TPSA) is 33.0 Å². The van der Waals surface area contributed by atoms with Gasteiger partial charge in [-0.1, -0.05) is 12.1 Å². The standard InChI is InChI=1S/C13H11NO/c14-7-5-10-2-1-9-3-4-12-11(13(9)10)6-8-15-12/h2-4H,1,5-6,8H2. The maximum absolute atomic E-state index is 8.78. The molecule has 0 radical (unpaired) electrons. The number of nitrogens with zero attached hydrogens (tertiary/aromatic N) is 1. The van der Waals surface area contributed by atoms with Crippen molar-refractivity contribution < 1.29 is 4.74 Å². The summed E-state index contributed by atoms with van der Waals surface area (Å²) in [7, 11) is 0. The molecule has 0 amide bonds. The molecule has 1 aliphatic carbocycles. The molecule has 1 aromatic carbocycles.